The lowest BCUT2D eigenvalue weighted by Crippen LogP contribution is -2.36. The number of carbonyl (C=O) groups is 4. The summed E-state index contributed by atoms with van der Waals surface area (Å²) >= 11 is 0.652. The Kier molecular flexibility index (Phi) is 4.19. The standard InChI is InChI=1S/C13H11NO5S/c15-9(8-4-2-1-3-5-8)7-14-12(18)10(6-11(16)17)20-13(14)19/h1-5,10H,6-7H2,(H,16,17)/t10-/m1/s1. The van der Waals surface area contributed by atoms with E-state index in [0.717, 1.165) is 4.90 Å². The minimum Gasteiger partial charge on any atom is -0.481 e. The van der Waals surface area contributed by atoms with E-state index in [1.54, 1.807) is 30.3 Å². The predicted octanol–water partition coefficient (Wildman–Crippen LogP) is 1.41. The van der Waals surface area contributed by atoms with E-state index >= 15 is 0 Å². The minimum atomic E-state index is -1.15. The molecule has 1 aliphatic heterocycles. The Labute approximate surface area is 118 Å². The van der Waals surface area contributed by atoms with E-state index in [2.05, 4.69) is 0 Å². The molecule has 7 heteroatoms. The van der Waals surface area contributed by atoms with Gasteiger partial charge in [0.05, 0.1) is 13.0 Å². The highest BCUT2D eigenvalue weighted by atomic mass is 32.2. The van der Waals surface area contributed by atoms with Gasteiger partial charge < -0.3 is 5.11 Å². The van der Waals surface area contributed by atoms with Crippen molar-refractivity contribution in [2.24, 2.45) is 0 Å². The maximum absolute atomic E-state index is 11.9. The van der Waals surface area contributed by atoms with Gasteiger partial charge in [0.2, 0.25) is 5.91 Å². The number of ketones is 1. The summed E-state index contributed by atoms with van der Waals surface area (Å²) < 4.78 is 0. The molecular weight excluding hydrogens is 282 g/mol. The van der Waals surface area contributed by atoms with Crippen molar-refractivity contribution < 1.29 is 24.3 Å². The third-order valence-electron chi connectivity index (χ3n) is 2.76. The van der Waals surface area contributed by atoms with Crippen LogP contribution in [0.3, 0.4) is 0 Å². The Morgan fingerprint density at radius 2 is 1.85 bits per heavy atom. The second-order valence-electron chi connectivity index (χ2n) is 4.18. The van der Waals surface area contributed by atoms with Crippen LogP contribution in [-0.2, 0) is 9.59 Å². The SMILES string of the molecule is O=C(O)C[C@H]1SC(=O)N(CC(=O)c2ccccc2)C1=O. The van der Waals surface area contributed by atoms with Crippen molar-refractivity contribution in [2.75, 3.05) is 6.54 Å². The largest absolute Gasteiger partial charge is 0.481 e. The topological polar surface area (TPSA) is 91.8 Å². The lowest BCUT2D eigenvalue weighted by molar-refractivity contribution is -0.139. The van der Waals surface area contributed by atoms with Crippen molar-refractivity contribution in [3.8, 4) is 0 Å². The van der Waals surface area contributed by atoms with E-state index in [9.17, 15) is 19.2 Å². The van der Waals surface area contributed by atoms with Crippen LogP contribution in [0, 0.1) is 0 Å². The highest BCUT2D eigenvalue weighted by Crippen LogP contribution is 2.29. The molecule has 1 aromatic rings. The summed E-state index contributed by atoms with van der Waals surface area (Å²) in [6.07, 6.45) is -0.425. The minimum absolute atomic E-state index is 0.356. The predicted molar refractivity (Wildman–Crippen MR) is 71.5 cm³/mol. The van der Waals surface area contributed by atoms with Crippen LogP contribution in [0.25, 0.3) is 0 Å². The molecule has 2 rings (SSSR count). The zero-order valence-electron chi connectivity index (χ0n) is 10.3. The number of Topliss-reactive ketones (excluding diaryl/α,β-unsaturated/α-hetero) is 1. The second-order valence-corrected chi connectivity index (χ2v) is 5.34. The average molecular weight is 293 g/mol. The quantitative estimate of drug-likeness (QED) is 0.825. The number of thioether (sulfide) groups is 1. The van der Waals surface area contributed by atoms with Gasteiger partial charge in [-0.1, -0.05) is 42.1 Å². The number of carboxylic acids is 1. The van der Waals surface area contributed by atoms with E-state index in [4.69, 9.17) is 5.11 Å². The van der Waals surface area contributed by atoms with Gasteiger partial charge in [-0.2, -0.15) is 0 Å². The summed E-state index contributed by atoms with van der Waals surface area (Å²) in [5.41, 5.74) is 0.403. The summed E-state index contributed by atoms with van der Waals surface area (Å²) in [6.45, 7) is -0.356. The summed E-state index contributed by atoms with van der Waals surface area (Å²) in [5.74, 6) is -2.13. The maximum Gasteiger partial charge on any atom is 0.305 e. The monoisotopic (exact) mass is 293 g/mol. The highest BCUT2D eigenvalue weighted by molar-refractivity contribution is 8.15. The molecule has 6 nitrogen and oxygen atoms in total. The number of carbonyl (C=O) groups excluding carboxylic acids is 3. The Bertz CT molecular complexity index is 571. The molecule has 0 radical (unpaired) electrons. The van der Waals surface area contributed by atoms with Crippen molar-refractivity contribution in [3.05, 3.63) is 35.9 Å². The van der Waals surface area contributed by atoms with E-state index in [0.29, 0.717) is 17.3 Å². The van der Waals surface area contributed by atoms with Gasteiger partial charge in [0.1, 0.15) is 5.25 Å². The number of aliphatic carboxylic acids is 1. The van der Waals surface area contributed by atoms with Crippen molar-refractivity contribution >= 4 is 34.7 Å². The molecule has 0 aromatic heterocycles. The van der Waals surface area contributed by atoms with Crippen molar-refractivity contribution in [2.45, 2.75) is 11.7 Å². The first-order chi connectivity index (χ1) is 9.49. The van der Waals surface area contributed by atoms with Crippen LogP contribution >= 0.6 is 11.8 Å². The van der Waals surface area contributed by atoms with Crippen LogP contribution < -0.4 is 0 Å². The lowest BCUT2D eigenvalue weighted by Gasteiger charge is -2.12. The Hall–Kier alpha value is -2.15. The molecule has 1 atom stereocenters. The molecule has 0 unspecified atom stereocenters. The van der Waals surface area contributed by atoms with E-state index in [1.165, 1.54) is 0 Å². The third kappa shape index (κ3) is 3.05. The Balaban J connectivity index is 2.06. The fourth-order valence-electron chi connectivity index (χ4n) is 1.79. The molecule has 1 aliphatic rings. The first-order valence-corrected chi connectivity index (χ1v) is 6.69. The molecule has 1 aromatic carbocycles. The van der Waals surface area contributed by atoms with Gasteiger partial charge in [-0.05, 0) is 0 Å². The summed E-state index contributed by atoms with van der Waals surface area (Å²) in [5, 5.41) is 7.14. The molecule has 0 aliphatic carbocycles. The summed E-state index contributed by atoms with van der Waals surface area (Å²) in [7, 11) is 0. The molecule has 2 amide bonds. The van der Waals surface area contributed by atoms with Crippen molar-refractivity contribution in [1.29, 1.82) is 0 Å². The van der Waals surface area contributed by atoms with E-state index < -0.39 is 28.8 Å². The van der Waals surface area contributed by atoms with Crippen LogP contribution in [0.1, 0.15) is 16.8 Å². The molecule has 0 saturated carbocycles. The summed E-state index contributed by atoms with van der Waals surface area (Å²) in [6, 6.07) is 8.30. The van der Waals surface area contributed by atoms with Crippen LogP contribution in [0.4, 0.5) is 4.79 Å². The second kappa shape index (κ2) is 5.87. The Morgan fingerprint density at radius 1 is 1.20 bits per heavy atom. The molecular formula is C13H11NO5S. The van der Waals surface area contributed by atoms with Gasteiger partial charge >= 0.3 is 5.97 Å². The van der Waals surface area contributed by atoms with Gasteiger partial charge in [0.15, 0.2) is 5.78 Å². The number of imide groups is 1. The zero-order valence-corrected chi connectivity index (χ0v) is 11.1. The number of nitrogens with zero attached hydrogens (tertiary/aromatic N) is 1. The van der Waals surface area contributed by atoms with Crippen molar-refractivity contribution in [1.82, 2.24) is 4.90 Å². The number of rotatable bonds is 5. The first kappa shape index (κ1) is 14.3. The van der Waals surface area contributed by atoms with Gasteiger partial charge in [-0.25, -0.2) is 0 Å². The first-order valence-electron chi connectivity index (χ1n) is 5.81. The van der Waals surface area contributed by atoms with Crippen LogP contribution in [0.15, 0.2) is 30.3 Å². The Morgan fingerprint density at radius 3 is 2.45 bits per heavy atom. The van der Waals surface area contributed by atoms with Gasteiger partial charge in [-0.3, -0.25) is 24.1 Å². The number of hydrogen-bond acceptors (Lipinski definition) is 5. The lowest BCUT2D eigenvalue weighted by atomic mass is 10.1. The van der Waals surface area contributed by atoms with Gasteiger partial charge in [0.25, 0.3) is 5.24 Å². The normalized spacial score (nSPS) is 18.4. The fourth-order valence-corrected chi connectivity index (χ4v) is 2.77. The van der Waals surface area contributed by atoms with Crippen LogP contribution in [0.5, 0.6) is 0 Å². The molecule has 104 valence electrons. The number of hydrogen-bond donors (Lipinski definition) is 1. The van der Waals surface area contributed by atoms with Crippen LogP contribution in [0.2, 0.25) is 0 Å². The molecule has 0 bridgehead atoms. The van der Waals surface area contributed by atoms with Gasteiger partial charge in [-0.15, -0.1) is 0 Å². The molecule has 20 heavy (non-hydrogen) atoms. The van der Waals surface area contributed by atoms with E-state index in [1.807, 2.05) is 0 Å². The fraction of sp³-hybridized carbons (Fsp3) is 0.231. The molecule has 0 spiro atoms. The number of carboxylic acid groups (broad SMARTS) is 1. The smallest absolute Gasteiger partial charge is 0.305 e. The molecule has 1 N–H and O–H groups in total. The number of amides is 2. The zero-order chi connectivity index (χ0) is 14.7. The molecule has 1 fully saturated rings. The molecule has 1 saturated heterocycles. The van der Waals surface area contributed by atoms with Gasteiger partial charge in [0, 0.05) is 5.56 Å². The van der Waals surface area contributed by atoms with Crippen molar-refractivity contribution in [3.63, 3.8) is 0 Å². The van der Waals surface area contributed by atoms with Crippen LogP contribution in [-0.4, -0.2) is 44.7 Å². The maximum atomic E-state index is 11.9. The average Bonchev–Trinajstić information content (AvgIpc) is 2.66. The number of benzene rings is 1. The van der Waals surface area contributed by atoms with E-state index in [-0.39, 0.29) is 12.3 Å². The highest BCUT2D eigenvalue weighted by Gasteiger charge is 2.41. The molecule has 1 heterocycles. The summed E-state index contributed by atoms with van der Waals surface area (Å²) in [4.78, 5) is 46.9. The third-order valence-corrected chi connectivity index (χ3v) is 3.84.